The molecule has 3 aliphatic rings. The summed E-state index contributed by atoms with van der Waals surface area (Å²) in [4.78, 5) is 2.74. The number of rotatable bonds is 6. The molecule has 0 unspecified atom stereocenters. The Morgan fingerprint density at radius 3 is 1.51 bits per heavy atom. The first-order chi connectivity index (χ1) is 26.3. The van der Waals surface area contributed by atoms with Gasteiger partial charge < -0.3 is 0 Å². The minimum Gasteiger partial charge on any atom is -0.221 e. The molecule has 0 radical (unpaired) electrons. The van der Waals surface area contributed by atoms with Crippen molar-refractivity contribution in [1.29, 1.82) is 0 Å². The largest absolute Gasteiger partial charge is 0.245 e. The van der Waals surface area contributed by atoms with Crippen LogP contribution in [0.25, 0.3) is 21.5 Å². The second-order valence-corrected chi connectivity index (χ2v) is 16.2. The van der Waals surface area contributed by atoms with E-state index in [1.807, 2.05) is 0 Å². The molecule has 9 rings (SSSR count). The van der Waals surface area contributed by atoms with Gasteiger partial charge in [-0.05, 0) is 48.3 Å². The number of hydrogen-bond donors (Lipinski definition) is 0. The Balaban J connectivity index is 1.34. The Kier molecular flexibility index (Phi) is 10.1. The van der Waals surface area contributed by atoms with Crippen LogP contribution in [0.5, 0.6) is 0 Å². The Morgan fingerprint density at radius 1 is 0.415 bits per heavy atom. The van der Waals surface area contributed by atoms with Gasteiger partial charge in [-0.15, -0.1) is 0 Å². The molecule has 2 atom stereocenters. The number of fused-ring (bicyclic) bond motifs is 2. The zero-order valence-corrected chi connectivity index (χ0v) is 31.4. The predicted octanol–water partition coefficient (Wildman–Crippen LogP) is 14.3. The molecule has 0 spiro atoms. The Bertz CT molecular complexity index is 2170. The van der Waals surface area contributed by atoms with Gasteiger partial charge >= 0.3 is 0 Å². The molecule has 1 heterocycles. The maximum Gasteiger partial charge on any atom is 0.245 e. The maximum absolute atomic E-state index is 2.74. The molecule has 2 nitrogen and oxygen atoms in total. The van der Waals surface area contributed by atoms with Crippen LogP contribution in [0.15, 0.2) is 133 Å². The van der Waals surface area contributed by atoms with Crippen molar-refractivity contribution in [3.8, 4) is 0 Å². The van der Waals surface area contributed by atoms with Crippen molar-refractivity contribution in [3.05, 3.63) is 156 Å². The van der Waals surface area contributed by atoms with E-state index >= 15 is 0 Å². The number of hydrogen-bond acceptors (Lipinski definition) is 1. The van der Waals surface area contributed by atoms with Gasteiger partial charge in [0.25, 0.3) is 0 Å². The lowest BCUT2D eigenvalue weighted by Gasteiger charge is -2.29. The molecule has 2 fully saturated rings. The second kappa shape index (κ2) is 15.7. The molecule has 1 aliphatic heterocycles. The smallest absolute Gasteiger partial charge is 0.221 e. The third-order valence-electron chi connectivity index (χ3n) is 12.9. The molecule has 0 saturated heterocycles. The molecule has 53 heavy (non-hydrogen) atoms. The van der Waals surface area contributed by atoms with Crippen LogP contribution in [0, 0.1) is 0 Å². The van der Waals surface area contributed by atoms with Crippen LogP contribution >= 0.6 is 0 Å². The van der Waals surface area contributed by atoms with Crippen LogP contribution in [-0.2, 0) is 0 Å². The number of anilines is 1. The van der Waals surface area contributed by atoms with Crippen molar-refractivity contribution in [2.24, 2.45) is 0 Å². The second-order valence-electron chi connectivity index (χ2n) is 16.2. The summed E-state index contributed by atoms with van der Waals surface area (Å²) in [7, 11) is 0. The van der Waals surface area contributed by atoms with Crippen molar-refractivity contribution in [2.75, 3.05) is 4.90 Å². The molecule has 0 bridgehead atoms. The van der Waals surface area contributed by atoms with Crippen molar-refractivity contribution >= 4 is 39.3 Å². The monoisotopic (exact) mass is 695 g/mol. The highest BCUT2D eigenvalue weighted by Crippen LogP contribution is 2.52. The summed E-state index contributed by atoms with van der Waals surface area (Å²) in [6.07, 6.45) is 21.2. The van der Waals surface area contributed by atoms with E-state index < -0.39 is 0 Å². The lowest BCUT2D eigenvalue weighted by atomic mass is 9.82. The van der Waals surface area contributed by atoms with Crippen LogP contribution in [0.3, 0.4) is 0 Å². The quantitative estimate of drug-likeness (QED) is 0.157. The van der Waals surface area contributed by atoms with Gasteiger partial charge in [0.05, 0.1) is 0 Å². The van der Waals surface area contributed by atoms with Gasteiger partial charge in [-0.3, -0.25) is 0 Å². The Hall–Kier alpha value is -4.69. The molecule has 0 N–H and O–H groups in total. The molecule has 2 heteroatoms. The Labute approximate surface area is 317 Å². The summed E-state index contributed by atoms with van der Waals surface area (Å²) in [5.41, 5.74) is 8.63. The van der Waals surface area contributed by atoms with E-state index in [4.69, 9.17) is 0 Å². The van der Waals surface area contributed by atoms with Crippen molar-refractivity contribution in [2.45, 2.75) is 114 Å². The summed E-state index contributed by atoms with van der Waals surface area (Å²) in [5.74, 6) is 1.12. The third kappa shape index (κ3) is 6.82. The molecular formula is C51H55N2+. The maximum atomic E-state index is 2.74. The van der Waals surface area contributed by atoms with E-state index in [2.05, 4.69) is 149 Å². The van der Waals surface area contributed by atoms with Crippen LogP contribution in [0.1, 0.15) is 136 Å². The zero-order chi connectivity index (χ0) is 35.4. The highest BCUT2D eigenvalue weighted by molar-refractivity contribution is 6.02. The predicted molar refractivity (Wildman–Crippen MR) is 225 cm³/mol. The fourth-order valence-corrected chi connectivity index (χ4v) is 10.3. The van der Waals surface area contributed by atoms with E-state index in [-0.39, 0.29) is 12.1 Å². The van der Waals surface area contributed by atoms with Gasteiger partial charge in [0, 0.05) is 33.0 Å². The summed E-state index contributed by atoms with van der Waals surface area (Å²) < 4.78 is 2.74. The van der Waals surface area contributed by atoms with Crippen LogP contribution in [0.4, 0.5) is 11.4 Å². The topological polar surface area (TPSA) is 6.25 Å². The normalized spacial score (nSPS) is 20.8. The van der Waals surface area contributed by atoms with Crippen molar-refractivity contribution in [1.82, 2.24) is 0 Å². The first-order valence-electron chi connectivity index (χ1n) is 20.9. The molecule has 6 aromatic rings. The first-order valence-corrected chi connectivity index (χ1v) is 20.9. The van der Waals surface area contributed by atoms with Gasteiger partial charge in [0.2, 0.25) is 6.34 Å². The number of nitrogens with zero attached hydrogens (tertiary/aromatic N) is 2. The van der Waals surface area contributed by atoms with Gasteiger partial charge in [-0.25, -0.2) is 9.48 Å². The fourth-order valence-electron chi connectivity index (χ4n) is 10.3. The fraction of sp³-hybridized carbons (Fsp3) is 0.353. The Morgan fingerprint density at radius 2 is 0.887 bits per heavy atom. The average molecular weight is 696 g/mol. The molecule has 268 valence electrons. The number of benzene rings is 6. The van der Waals surface area contributed by atoms with Crippen LogP contribution in [-0.4, -0.2) is 10.9 Å². The van der Waals surface area contributed by atoms with E-state index in [0.29, 0.717) is 11.8 Å². The van der Waals surface area contributed by atoms with Crippen LogP contribution < -0.4 is 4.90 Å². The average Bonchev–Trinajstić information content (AvgIpc) is 3.57. The van der Waals surface area contributed by atoms with Gasteiger partial charge in [0.15, 0.2) is 12.1 Å². The summed E-state index contributed by atoms with van der Waals surface area (Å²) in [5, 5.41) is 5.40. The minimum atomic E-state index is 0.0841. The lowest BCUT2D eigenvalue weighted by Crippen LogP contribution is -2.27. The standard InChI is InChI=1S/C51H55N2/c1-3-9-21-38(22-10-4-1)46-35-33-40-25-17-19-31-44(40)50(46)52-37-53(49(43-29-15-8-16-30-43)48(52)42-27-13-7-14-28-42)51-45-32-20-18-26-41(45)34-36-47(51)39-23-11-5-2-6-12-24-39/h7-8,13-20,25-39,48-49H,1-6,9-12,21-24H2/q+1/t48-,49-/m0/s1. The highest BCUT2D eigenvalue weighted by Gasteiger charge is 2.48. The molecule has 0 aromatic heterocycles. The molecular weight excluding hydrogens is 641 g/mol. The molecule has 2 aliphatic carbocycles. The van der Waals surface area contributed by atoms with Crippen molar-refractivity contribution in [3.63, 3.8) is 0 Å². The van der Waals surface area contributed by atoms with E-state index in [1.165, 1.54) is 145 Å². The zero-order valence-electron chi connectivity index (χ0n) is 31.4. The summed E-state index contributed by atoms with van der Waals surface area (Å²) in [6.45, 7) is 0. The SMILES string of the molecule is C1=[N+](c2c(C3CCCCCCC3)ccc3ccccc23)[C@@H](c2ccccc2)[C@H](c2ccccc2)N1c1c(C2CCCCCCC2)ccc2ccccc12. The van der Waals surface area contributed by atoms with Crippen LogP contribution in [0.2, 0.25) is 0 Å². The van der Waals surface area contributed by atoms with E-state index in [0.717, 1.165) is 0 Å². The van der Waals surface area contributed by atoms with E-state index in [1.54, 1.807) is 0 Å². The van der Waals surface area contributed by atoms with Gasteiger partial charge in [-0.1, -0.05) is 198 Å². The first kappa shape index (κ1) is 34.1. The van der Waals surface area contributed by atoms with Gasteiger partial charge in [-0.2, -0.15) is 0 Å². The van der Waals surface area contributed by atoms with Gasteiger partial charge in [0.1, 0.15) is 11.4 Å². The van der Waals surface area contributed by atoms with E-state index in [9.17, 15) is 0 Å². The lowest BCUT2D eigenvalue weighted by molar-refractivity contribution is -0.480. The molecule has 2 saturated carbocycles. The minimum absolute atomic E-state index is 0.0841. The summed E-state index contributed by atoms with van der Waals surface area (Å²) >= 11 is 0. The molecule has 6 aromatic carbocycles. The van der Waals surface area contributed by atoms with Crippen molar-refractivity contribution < 1.29 is 4.58 Å². The third-order valence-corrected chi connectivity index (χ3v) is 12.9. The highest BCUT2D eigenvalue weighted by atomic mass is 15.3. The molecule has 0 amide bonds. The summed E-state index contributed by atoms with van der Waals surface area (Å²) in [6, 6.07) is 51.2.